The molecule has 34 heavy (non-hydrogen) atoms. The number of carboxylic acids is 1. The van der Waals surface area contributed by atoms with Gasteiger partial charge in [0.25, 0.3) is 0 Å². The van der Waals surface area contributed by atoms with Crippen molar-refractivity contribution in [2.75, 3.05) is 5.73 Å². The van der Waals surface area contributed by atoms with Gasteiger partial charge in [-0.05, 0) is 42.4 Å². The van der Waals surface area contributed by atoms with Crippen LogP contribution < -0.4 is 5.73 Å². The van der Waals surface area contributed by atoms with Crippen LogP contribution in [0.2, 0.25) is 0 Å². The second-order valence-corrected chi connectivity index (χ2v) is 8.94. The number of carbonyl (C=O) groups is 1. The van der Waals surface area contributed by atoms with E-state index in [9.17, 15) is 9.90 Å². The largest absolute Gasteiger partial charge is 0.481 e. The molecule has 0 spiro atoms. The van der Waals surface area contributed by atoms with Crippen molar-refractivity contribution in [1.82, 2.24) is 19.7 Å². The van der Waals surface area contributed by atoms with E-state index in [2.05, 4.69) is 39.4 Å². The molecule has 0 saturated heterocycles. The molecule has 1 fully saturated rings. The summed E-state index contributed by atoms with van der Waals surface area (Å²) >= 11 is 0. The van der Waals surface area contributed by atoms with E-state index in [0.717, 1.165) is 16.8 Å². The summed E-state index contributed by atoms with van der Waals surface area (Å²) in [7, 11) is 0. The van der Waals surface area contributed by atoms with Gasteiger partial charge in [0.05, 0.1) is 18.6 Å². The summed E-state index contributed by atoms with van der Waals surface area (Å²) < 4.78 is 7.39. The zero-order valence-electron chi connectivity index (χ0n) is 18.8. The van der Waals surface area contributed by atoms with Gasteiger partial charge >= 0.3 is 5.97 Å². The van der Waals surface area contributed by atoms with E-state index in [-0.39, 0.29) is 6.42 Å². The second-order valence-electron chi connectivity index (χ2n) is 8.94. The van der Waals surface area contributed by atoms with Crippen LogP contribution in [0.4, 0.5) is 5.82 Å². The number of anilines is 1. The van der Waals surface area contributed by atoms with Gasteiger partial charge in [0, 0.05) is 24.0 Å². The van der Waals surface area contributed by atoms with Crippen LogP contribution in [-0.2, 0) is 17.8 Å². The van der Waals surface area contributed by atoms with Crippen molar-refractivity contribution >= 4 is 11.8 Å². The normalized spacial score (nSPS) is 14.9. The van der Waals surface area contributed by atoms with Crippen molar-refractivity contribution < 1.29 is 14.4 Å². The van der Waals surface area contributed by atoms with E-state index in [4.69, 9.17) is 10.3 Å². The number of rotatable bonds is 8. The third kappa shape index (κ3) is 4.85. The highest BCUT2D eigenvalue weighted by molar-refractivity contribution is 5.75. The second kappa shape index (κ2) is 9.51. The summed E-state index contributed by atoms with van der Waals surface area (Å²) in [5.74, 6) is 0.0784. The molecule has 3 aromatic heterocycles. The van der Waals surface area contributed by atoms with Crippen molar-refractivity contribution in [3.8, 4) is 11.3 Å². The number of aromatic nitrogens is 4. The fourth-order valence-electron chi connectivity index (χ4n) is 4.64. The summed E-state index contributed by atoms with van der Waals surface area (Å²) in [4.78, 5) is 20.3. The fraction of sp³-hybridized carbons (Fsp3) is 0.308. The van der Waals surface area contributed by atoms with Gasteiger partial charge in [0.1, 0.15) is 17.4 Å². The zero-order chi connectivity index (χ0) is 23.5. The molecule has 1 aromatic carbocycles. The lowest BCUT2D eigenvalue weighted by Gasteiger charge is -2.09. The lowest BCUT2D eigenvalue weighted by molar-refractivity contribution is -0.138. The fourth-order valence-corrected chi connectivity index (χ4v) is 4.64. The molecule has 0 amide bonds. The number of nitrogens with zero attached hydrogens (tertiary/aromatic N) is 4. The van der Waals surface area contributed by atoms with Crippen LogP contribution in [0, 0.1) is 0 Å². The Morgan fingerprint density at radius 1 is 1.15 bits per heavy atom. The quantitative estimate of drug-likeness (QED) is 0.396. The van der Waals surface area contributed by atoms with Crippen LogP contribution in [0.5, 0.6) is 0 Å². The molecule has 1 saturated carbocycles. The molecule has 3 N–H and O–H groups in total. The summed E-state index contributed by atoms with van der Waals surface area (Å²) in [5, 5.41) is 13.9. The summed E-state index contributed by atoms with van der Waals surface area (Å²) in [6.45, 7) is 0.437. The van der Waals surface area contributed by atoms with Gasteiger partial charge in [0.15, 0.2) is 5.76 Å². The standard InChI is InChI=1S/C26H27N5O3/c27-25-10-5-17(13-28-25)11-22(26(32)33)23-15-31(16-29-23)14-21-12-24(34-30-21)20-8-6-19(7-9-20)18-3-1-2-4-18/h5-10,12-13,15-16,18,22H,1-4,11,14H2,(H2,27,28)(H,32,33). The minimum absolute atomic E-state index is 0.282. The number of benzene rings is 1. The SMILES string of the molecule is Nc1ccc(CC(C(=O)O)c2cn(Cc3cc(-c4ccc(C5CCCC5)cc4)on3)cn2)cn1. The first-order valence-corrected chi connectivity index (χ1v) is 11.6. The molecule has 3 heterocycles. The maximum atomic E-state index is 11.9. The van der Waals surface area contributed by atoms with E-state index in [1.807, 2.05) is 10.6 Å². The number of carboxylic acid groups (broad SMARTS) is 1. The molecule has 8 heteroatoms. The maximum absolute atomic E-state index is 11.9. The Balaban J connectivity index is 1.26. The Labute approximate surface area is 197 Å². The van der Waals surface area contributed by atoms with Crippen molar-refractivity contribution in [2.45, 2.75) is 50.5 Å². The van der Waals surface area contributed by atoms with Gasteiger partial charge in [-0.3, -0.25) is 4.79 Å². The van der Waals surface area contributed by atoms with Gasteiger partial charge in [-0.15, -0.1) is 0 Å². The van der Waals surface area contributed by atoms with E-state index >= 15 is 0 Å². The predicted octanol–water partition coefficient (Wildman–Crippen LogP) is 4.63. The molecule has 0 bridgehead atoms. The van der Waals surface area contributed by atoms with E-state index in [1.54, 1.807) is 30.9 Å². The van der Waals surface area contributed by atoms with E-state index in [1.165, 1.54) is 31.2 Å². The smallest absolute Gasteiger partial charge is 0.312 e. The van der Waals surface area contributed by atoms with Crippen LogP contribution in [0.25, 0.3) is 11.3 Å². The Morgan fingerprint density at radius 3 is 2.65 bits per heavy atom. The molecule has 1 aliphatic carbocycles. The zero-order valence-corrected chi connectivity index (χ0v) is 18.8. The predicted molar refractivity (Wildman–Crippen MR) is 127 cm³/mol. The third-order valence-corrected chi connectivity index (χ3v) is 6.52. The number of hydrogen-bond acceptors (Lipinski definition) is 6. The van der Waals surface area contributed by atoms with Crippen molar-refractivity contribution in [1.29, 1.82) is 0 Å². The minimum Gasteiger partial charge on any atom is -0.481 e. The van der Waals surface area contributed by atoms with Gasteiger partial charge < -0.3 is 19.9 Å². The van der Waals surface area contributed by atoms with Gasteiger partial charge in [-0.2, -0.15) is 0 Å². The van der Waals surface area contributed by atoms with Crippen molar-refractivity contribution in [3.63, 3.8) is 0 Å². The highest BCUT2D eigenvalue weighted by atomic mass is 16.5. The van der Waals surface area contributed by atoms with Gasteiger partial charge in [0.2, 0.25) is 0 Å². The molecule has 1 unspecified atom stereocenters. The molecule has 0 aliphatic heterocycles. The van der Waals surface area contributed by atoms with Gasteiger partial charge in [-0.1, -0.05) is 48.3 Å². The Morgan fingerprint density at radius 2 is 1.94 bits per heavy atom. The number of imidazole rings is 1. The van der Waals surface area contributed by atoms with Crippen LogP contribution in [-0.4, -0.2) is 30.8 Å². The minimum atomic E-state index is -0.938. The Hall–Kier alpha value is -3.94. The molecule has 0 radical (unpaired) electrons. The van der Waals surface area contributed by atoms with Crippen LogP contribution in [0.1, 0.15) is 60.0 Å². The maximum Gasteiger partial charge on any atom is 0.312 e. The van der Waals surface area contributed by atoms with Crippen molar-refractivity contribution in [2.24, 2.45) is 0 Å². The molecule has 1 atom stereocenters. The van der Waals surface area contributed by atoms with E-state index < -0.39 is 11.9 Å². The topological polar surface area (TPSA) is 120 Å². The molecule has 1 aliphatic rings. The lowest BCUT2D eigenvalue weighted by atomic mass is 9.96. The summed E-state index contributed by atoms with van der Waals surface area (Å²) in [5.41, 5.74) is 10.0. The van der Waals surface area contributed by atoms with Crippen LogP contribution in [0.15, 0.2) is 65.7 Å². The molecular weight excluding hydrogens is 430 g/mol. The average Bonchev–Trinajstić information content (AvgIpc) is 3.61. The highest BCUT2D eigenvalue weighted by Crippen LogP contribution is 2.35. The first-order chi connectivity index (χ1) is 16.5. The summed E-state index contributed by atoms with van der Waals surface area (Å²) in [6, 6.07) is 13.9. The summed E-state index contributed by atoms with van der Waals surface area (Å²) in [6.07, 6.45) is 10.4. The van der Waals surface area contributed by atoms with Crippen LogP contribution >= 0.6 is 0 Å². The monoisotopic (exact) mass is 457 g/mol. The Bertz CT molecular complexity index is 1250. The molecule has 5 rings (SSSR count). The molecule has 4 aromatic rings. The number of hydrogen-bond donors (Lipinski definition) is 2. The Kier molecular flexibility index (Phi) is 6.12. The molecule has 8 nitrogen and oxygen atoms in total. The number of nitrogen functional groups attached to an aromatic ring is 1. The number of aliphatic carboxylic acids is 1. The highest BCUT2D eigenvalue weighted by Gasteiger charge is 2.23. The average molecular weight is 458 g/mol. The first-order valence-electron chi connectivity index (χ1n) is 11.6. The molecular formula is C26H27N5O3. The van der Waals surface area contributed by atoms with E-state index in [0.29, 0.717) is 29.7 Å². The number of pyridine rings is 1. The van der Waals surface area contributed by atoms with Gasteiger partial charge in [-0.25, -0.2) is 9.97 Å². The van der Waals surface area contributed by atoms with Crippen molar-refractivity contribution in [3.05, 3.63) is 83.7 Å². The number of nitrogens with two attached hydrogens (primary N) is 1. The third-order valence-electron chi connectivity index (χ3n) is 6.52. The van der Waals surface area contributed by atoms with Crippen LogP contribution in [0.3, 0.4) is 0 Å². The molecule has 174 valence electrons. The first kappa shape index (κ1) is 21.9. The lowest BCUT2D eigenvalue weighted by Crippen LogP contribution is -2.15.